The zero-order chi connectivity index (χ0) is 7.56. The van der Waals surface area contributed by atoms with Gasteiger partial charge < -0.3 is 5.32 Å². The van der Waals surface area contributed by atoms with Crippen LogP contribution >= 0.6 is 24.0 Å². The number of rotatable bonds is 1. The molecule has 0 atom stereocenters. The molecule has 0 aliphatic carbocycles. The molecular weight excluding hydrogens is 190 g/mol. The van der Waals surface area contributed by atoms with Gasteiger partial charge in [0.15, 0.2) is 0 Å². The van der Waals surface area contributed by atoms with Gasteiger partial charge in [0.2, 0.25) is 0 Å². The smallest absolute Gasteiger partial charge is 0.144 e. The molecule has 1 rings (SSSR count). The summed E-state index contributed by atoms with van der Waals surface area (Å²) in [6, 6.07) is 1.21. The zero-order valence-electron chi connectivity index (χ0n) is 5.77. The number of anilines is 1. The van der Waals surface area contributed by atoms with Gasteiger partial charge in [-0.2, -0.15) is 0 Å². The fraction of sp³-hybridized carbons (Fsp3) is 0.167. The van der Waals surface area contributed by atoms with Gasteiger partial charge in [-0.3, -0.25) is 0 Å². The van der Waals surface area contributed by atoms with Gasteiger partial charge in [-0.1, -0.05) is 11.6 Å². The van der Waals surface area contributed by atoms with Crippen LogP contribution in [0.4, 0.5) is 10.2 Å². The molecule has 1 aromatic rings. The van der Waals surface area contributed by atoms with Gasteiger partial charge in [0, 0.05) is 7.05 Å². The Morgan fingerprint density at radius 1 is 1.64 bits per heavy atom. The van der Waals surface area contributed by atoms with Gasteiger partial charge in [0.25, 0.3) is 0 Å². The monoisotopic (exact) mass is 196 g/mol. The summed E-state index contributed by atoms with van der Waals surface area (Å²) in [7, 11) is 1.67. The molecule has 0 amide bonds. The normalized spacial score (nSPS) is 8.64. The van der Waals surface area contributed by atoms with Crippen molar-refractivity contribution in [3.05, 3.63) is 23.1 Å². The lowest BCUT2D eigenvalue weighted by atomic mass is 10.4. The standard InChI is InChI=1S/C6H6ClFN2.ClH/c1-9-6-5(7)2-4(8)3-10-6;/h2-3H,1H3,(H,9,10);1H. The first kappa shape index (κ1) is 10.5. The van der Waals surface area contributed by atoms with Gasteiger partial charge >= 0.3 is 0 Å². The maximum Gasteiger partial charge on any atom is 0.144 e. The number of hydrogen-bond acceptors (Lipinski definition) is 2. The third-order valence-corrected chi connectivity index (χ3v) is 1.33. The lowest BCUT2D eigenvalue weighted by Crippen LogP contribution is -1.93. The predicted octanol–water partition coefficient (Wildman–Crippen LogP) is 2.34. The zero-order valence-corrected chi connectivity index (χ0v) is 7.34. The Labute approximate surface area is 75.2 Å². The highest BCUT2D eigenvalue weighted by Gasteiger charge is 1.99. The van der Waals surface area contributed by atoms with E-state index in [2.05, 4.69) is 10.3 Å². The van der Waals surface area contributed by atoms with E-state index in [4.69, 9.17) is 11.6 Å². The van der Waals surface area contributed by atoms with Gasteiger partial charge in [-0.25, -0.2) is 9.37 Å². The molecule has 0 aliphatic rings. The quantitative estimate of drug-likeness (QED) is 0.747. The molecule has 62 valence electrons. The molecule has 0 aromatic carbocycles. The Bertz CT molecular complexity index is 242. The second kappa shape index (κ2) is 4.36. The molecule has 11 heavy (non-hydrogen) atoms. The summed E-state index contributed by atoms with van der Waals surface area (Å²) >= 11 is 5.56. The SMILES string of the molecule is CNc1ncc(F)cc1Cl.Cl. The molecule has 0 bridgehead atoms. The van der Waals surface area contributed by atoms with Crippen LogP contribution in [0.1, 0.15) is 0 Å². The van der Waals surface area contributed by atoms with E-state index < -0.39 is 5.82 Å². The maximum atomic E-state index is 12.3. The van der Waals surface area contributed by atoms with Gasteiger partial charge in [-0.05, 0) is 6.07 Å². The largest absolute Gasteiger partial charge is 0.372 e. The Hall–Kier alpha value is -0.540. The number of nitrogens with one attached hydrogen (secondary N) is 1. The molecule has 0 saturated carbocycles. The number of halogens is 3. The van der Waals surface area contributed by atoms with E-state index in [0.717, 1.165) is 6.20 Å². The van der Waals surface area contributed by atoms with E-state index in [1.54, 1.807) is 7.05 Å². The van der Waals surface area contributed by atoms with Crippen molar-refractivity contribution in [3.63, 3.8) is 0 Å². The van der Waals surface area contributed by atoms with Crippen molar-refractivity contribution in [2.45, 2.75) is 0 Å². The van der Waals surface area contributed by atoms with E-state index in [-0.39, 0.29) is 12.4 Å². The van der Waals surface area contributed by atoms with E-state index in [1.165, 1.54) is 6.07 Å². The van der Waals surface area contributed by atoms with Crippen molar-refractivity contribution in [3.8, 4) is 0 Å². The summed E-state index contributed by atoms with van der Waals surface area (Å²) in [6.45, 7) is 0. The molecule has 5 heteroatoms. The fourth-order valence-electron chi connectivity index (χ4n) is 0.599. The molecule has 0 unspecified atom stereocenters. The number of aromatic nitrogens is 1. The highest BCUT2D eigenvalue weighted by molar-refractivity contribution is 6.32. The second-order valence-corrected chi connectivity index (χ2v) is 2.14. The summed E-state index contributed by atoms with van der Waals surface area (Å²) < 4.78 is 12.3. The highest BCUT2D eigenvalue weighted by Crippen LogP contribution is 2.17. The maximum absolute atomic E-state index is 12.3. The fourth-order valence-corrected chi connectivity index (χ4v) is 0.846. The number of hydrogen-bond donors (Lipinski definition) is 1. The first-order valence-electron chi connectivity index (χ1n) is 2.73. The van der Waals surface area contributed by atoms with Crippen LogP contribution in [0.2, 0.25) is 5.02 Å². The summed E-state index contributed by atoms with van der Waals surface area (Å²) in [6.07, 6.45) is 1.11. The molecule has 0 aliphatic heterocycles. The van der Waals surface area contributed by atoms with Crippen molar-refractivity contribution < 1.29 is 4.39 Å². The molecule has 1 aromatic heterocycles. The molecule has 0 saturated heterocycles. The van der Waals surface area contributed by atoms with Crippen molar-refractivity contribution in [2.75, 3.05) is 12.4 Å². The lowest BCUT2D eigenvalue weighted by molar-refractivity contribution is 0.622. The van der Waals surface area contributed by atoms with Crippen LogP contribution in [0.5, 0.6) is 0 Å². The van der Waals surface area contributed by atoms with Gasteiger partial charge in [0.05, 0.1) is 11.2 Å². The molecule has 0 spiro atoms. The molecule has 1 N–H and O–H groups in total. The number of nitrogens with zero attached hydrogens (tertiary/aromatic N) is 1. The molecule has 0 radical (unpaired) electrons. The Kier molecular flexibility index (Phi) is 4.15. The first-order chi connectivity index (χ1) is 4.74. The van der Waals surface area contributed by atoms with Crippen LogP contribution in [-0.4, -0.2) is 12.0 Å². The third-order valence-electron chi connectivity index (χ3n) is 1.04. The van der Waals surface area contributed by atoms with Crippen molar-refractivity contribution in [2.24, 2.45) is 0 Å². The summed E-state index contributed by atoms with van der Waals surface area (Å²) in [5, 5.41) is 3.01. The first-order valence-corrected chi connectivity index (χ1v) is 3.10. The lowest BCUT2D eigenvalue weighted by Gasteiger charge is -1.99. The van der Waals surface area contributed by atoms with E-state index in [0.29, 0.717) is 10.8 Å². The third kappa shape index (κ3) is 2.52. The molecule has 1 heterocycles. The summed E-state index contributed by atoms with van der Waals surface area (Å²) in [4.78, 5) is 3.68. The molecule has 2 nitrogen and oxygen atoms in total. The number of pyridine rings is 1. The van der Waals surface area contributed by atoms with Crippen LogP contribution in [0.25, 0.3) is 0 Å². The van der Waals surface area contributed by atoms with E-state index >= 15 is 0 Å². The van der Waals surface area contributed by atoms with Crippen LogP contribution in [-0.2, 0) is 0 Å². The minimum atomic E-state index is -0.427. The summed E-state index contributed by atoms with van der Waals surface area (Å²) in [5.74, 6) is 0.0621. The minimum absolute atomic E-state index is 0. The van der Waals surface area contributed by atoms with E-state index in [1.807, 2.05) is 0 Å². The average molecular weight is 197 g/mol. The molecular formula is C6H7Cl2FN2. The second-order valence-electron chi connectivity index (χ2n) is 1.73. The van der Waals surface area contributed by atoms with Crippen LogP contribution in [0.15, 0.2) is 12.3 Å². The van der Waals surface area contributed by atoms with Gasteiger partial charge in [0.1, 0.15) is 11.6 Å². The minimum Gasteiger partial charge on any atom is -0.372 e. The Morgan fingerprint density at radius 2 is 2.27 bits per heavy atom. The van der Waals surface area contributed by atoms with Crippen molar-refractivity contribution in [1.29, 1.82) is 0 Å². The van der Waals surface area contributed by atoms with Crippen LogP contribution < -0.4 is 5.32 Å². The van der Waals surface area contributed by atoms with Gasteiger partial charge in [-0.15, -0.1) is 12.4 Å². The van der Waals surface area contributed by atoms with E-state index in [9.17, 15) is 4.39 Å². The van der Waals surface area contributed by atoms with Crippen molar-refractivity contribution in [1.82, 2.24) is 4.98 Å². The summed E-state index contributed by atoms with van der Waals surface area (Å²) in [5.41, 5.74) is 0. The highest BCUT2D eigenvalue weighted by atomic mass is 35.5. The van der Waals surface area contributed by atoms with Crippen molar-refractivity contribution >= 4 is 29.8 Å². The average Bonchev–Trinajstić information content (AvgIpc) is 1.88. The Morgan fingerprint density at radius 3 is 2.73 bits per heavy atom. The van der Waals surface area contributed by atoms with Crippen LogP contribution in [0, 0.1) is 5.82 Å². The molecule has 0 fully saturated rings. The topological polar surface area (TPSA) is 24.9 Å². The Balaban J connectivity index is 0.000001000. The van der Waals surface area contributed by atoms with Crippen LogP contribution in [0.3, 0.4) is 0 Å². The predicted molar refractivity (Wildman–Crippen MR) is 46.0 cm³/mol.